The van der Waals surface area contributed by atoms with Gasteiger partial charge in [-0.25, -0.2) is 14.4 Å². The molecule has 10 nitrogen and oxygen atoms in total. The van der Waals surface area contributed by atoms with Gasteiger partial charge in [-0.15, -0.1) is 0 Å². The van der Waals surface area contributed by atoms with Crippen LogP contribution in [0.1, 0.15) is 25.7 Å². The molecule has 0 aromatic rings. The molecule has 4 N–H and O–H groups in total. The van der Waals surface area contributed by atoms with Crippen LogP contribution in [-0.4, -0.2) is 126 Å². The van der Waals surface area contributed by atoms with Crippen LogP contribution in [0.3, 0.4) is 0 Å². The first-order chi connectivity index (χ1) is 17.6. The standard InChI is InChI=1S/C14H27N3O.3C2HF3O2/c1-16-7-9-17(10-8-16)11-13-3-2-4-14(18-13)5-6-15-12-14;3*3-2(4,5)1(6)7/h13,15H,2-12H2,1H3;3*(H,6,7)/t13-,14+;;;/m0.../s1. The van der Waals surface area contributed by atoms with Crippen molar-refractivity contribution in [3.05, 3.63) is 0 Å². The molecule has 3 aliphatic rings. The number of halogens is 9. The van der Waals surface area contributed by atoms with Crippen molar-refractivity contribution in [2.24, 2.45) is 0 Å². The molecule has 0 aromatic heterocycles. The van der Waals surface area contributed by atoms with Crippen molar-refractivity contribution >= 4 is 17.9 Å². The fourth-order valence-corrected chi connectivity index (χ4v) is 3.61. The lowest BCUT2D eigenvalue weighted by Crippen LogP contribution is -2.50. The normalized spacial score (nSPS) is 24.3. The van der Waals surface area contributed by atoms with Crippen molar-refractivity contribution in [3.63, 3.8) is 0 Å². The van der Waals surface area contributed by atoms with Gasteiger partial charge in [0.25, 0.3) is 0 Å². The van der Waals surface area contributed by atoms with Gasteiger partial charge in [-0.2, -0.15) is 39.5 Å². The maximum absolute atomic E-state index is 10.6. The highest BCUT2D eigenvalue weighted by molar-refractivity contribution is 5.73. The van der Waals surface area contributed by atoms with Crippen LogP contribution in [0.4, 0.5) is 39.5 Å². The molecule has 3 aliphatic heterocycles. The van der Waals surface area contributed by atoms with Crippen LogP contribution in [-0.2, 0) is 19.1 Å². The molecule has 3 fully saturated rings. The van der Waals surface area contributed by atoms with Gasteiger partial charge in [0.05, 0.1) is 11.7 Å². The summed E-state index contributed by atoms with van der Waals surface area (Å²) >= 11 is 0. The van der Waals surface area contributed by atoms with Crippen LogP contribution in [0, 0.1) is 0 Å². The number of hydrogen-bond acceptors (Lipinski definition) is 7. The van der Waals surface area contributed by atoms with Gasteiger partial charge in [-0.3, -0.25) is 4.90 Å². The second-order valence-corrected chi connectivity index (χ2v) is 8.75. The van der Waals surface area contributed by atoms with Crippen molar-refractivity contribution in [2.75, 3.05) is 52.9 Å². The van der Waals surface area contributed by atoms with E-state index in [1.54, 1.807) is 0 Å². The lowest BCUT2D eigenvalue weighted by molar-refractivity contribution is -0.193. The third-order valence-corrected chi connectivity index (χ3v) is 5.56. The average Bonchev–Trinajstić information content (AvgIpc) is 3.22. The van der Waals surface area contributed by atoms with E-state index in [2.05, 4.69) is 22.2 Å². The van der Waals surface area contributed by atoms with Crippen molar-refractivity contribution < 1.29 is 74.0 Å². The van der Waals surface area contributed by atoms with E-state index in [1.165, 1.54) is 51.9 Å². The van der Waals surface area contributed by atoms with Crippen molar-refractivity contribution in [2.45, 2.75) is 55.9 Å². The van der Waals surface area contributed by atoms with Crippen LogP contribution in [0.25, 0.3) is 0 Å². The van der Waals surface area contributed by atoms with Crippen LogP contribution in [0.2, 0.25) is 0 Å². The molecule has 0 bridgehead atoms. The Morgan fingerprint density at radius 1 is 0.821 bits per heavy atom. The summed E-state index contributed by atoms with van der Waals surface area (Å²) < 4.78 is 102. The molecule has 0 unspecified atom stereocenters. The van der Waals surface area contributed by atoms with Crippen LogP contribution in [0.15, 0.2) is 0 Å². The molecule has 2 atom stereocenters. The highest BCUT2D eigenvalue weighted by Gasteiger charge is 2.41. The number of rotatable bonds is 2. The maximum atomic E-state index is 10.6. The van der Waals surface area contributed by atoms with Gasteiger partial charge in [0.1, 0.15) is 0 Å². The smallest absolute Gasteiger partial charge is 0.475 e. The summed E-state index contributed by atoms with van der Waals surface area (Å²) in [5.74, 6) is -8.27. The van der Waals surface area contributed by atoms with Crippen LogP contribution < -0.4 is 5.32 Å². The fourth-order valence-electron chi connectivity index (χ4n) is 3.61. The fraction of sp³-hybridized carbons (Fsp3) is 0.850. The van der Waals surface area contributed by atoms with Crippen LogP contribution >= 0.6 is 0 Å². The SMILES string of the molecule is CN1CCN(C[C@@H]2CCC[C@]3(CCNC3)O2)CC1.O=C(O)C(F)(F)F.O=C(O)C(F)(F)F.O=C(O)C(F)(F)F. The van der Waals surface area contributed by atoms with E-state index in [1.807, 2.05) is 0 Å². The van der Waals surface area contributed by atoms with Gasteiger partial charge in [-0.1, -0.05) is 0 Å². The largest absolute Gasteiger partial charge is 0.490 e. The molecule has 0 aromatic carbocycles. The molecule has 3 rings (SSSR count). The second kappa shape index (κ2) is 15.4. The summed E-state index contributed by atoms with van der Waals surface area (Å²) in [4.78, 5) is 31.7. The summed E-state index contributed by atoms with van der Waals surface area (Å²) in [5, 5.41) is 24.8. The molecular formula is C20H30F9N3O7. The van der Waals surface area contributed by atoms with Gasteiger partial charge in [0.2, 0.25) is 0 Å². The summed E-state index contributed by atoms with van der Waals surface area (Å²) in [5.41, 5.74) is 0.190. The lowest BCUT2D eigenvalue weighted by Gasteiger charge is -2.41. The molecular weight excluding hydrogens is 565 g/mol. The maximum Gasteiger partial charge on any atom is 0.490 e. The van der Waals surface area contributed by atoms with Gasteiger partial charge < -0.3 is 30.3 Å². The Morgan fingerprint density at radius 2 is 1.23 bits per heavy atom. The Labute approximate surface area is 216 Å². The predicted molar refractivity (Wildman–Crippen MR) is 114 cm³/mol. The van der Waals surface area contributed by atoms with Gasteiger partial charge in [0, 0.05) is 39.3 Å². The van der Waals surface area contributed by atoms with Gasteiger partial charge >= 0.3 is 36.4 Å². The van der Waals surface area contributed by atoms with E-state index in [4.69, 9.17) is 34.4 Å². The number of piperazine rings is 1. The highest BCUT2D eigenvalue weighted by Crippen LogP contribution is 2.33. The van der Waals surface area contributed by atoms with Crippen molar-refractivity contribution in [3.8, 4) is 0 Å². The number of carboxylic acids is 3. The monoisotopic (exact) mass is 595 g/mol. The molecule has 0 radical (unpaired) electrons. The zero-order valence-corrected chi connectivity index (χ0v) is 20.6. The summed E-state index contributed by atoms with van der Waals surface area (Å²) in [6.07, 6.45) is -9.69. The van der Waals surface area contributed by atoms with Crippen molar-refractivity contribution in [1.82, 2.24) is 15.1 Å². The molecule has 0 amide bonds. The Morgan fingerprint density at radius 3 is 1.56 bits per heavy atom. The number of carboxylic acid groups (broad SMARTS) is 3. The summed E-state index contributed by atoms with van der Waals surface area (Å²) in [6, 6.07) is 0. The first-order valence-electron chi connectivity index (χ1n) is 11.3. The molecule has 3 heterocycles. The number of carbonyl (C=O) groups is 3. The third-order valence-electron chi connectivity index (χ3n) is 5.56. The Bertz CT molecular complexity index is 721. The summed E-state index contributed by atoms with van der Waals surface area (Å²) in [7, 11) is 2.22. The molecule has 19 heteroatoms. The van der Waals surface area contributed by atoms with E-state index in [0.717, 1.165) is 19.6 Å². The first-order valence-corrected chi connectivity index (χ1v) is 11.3. The number of ether oxygens (including phenoxy) is 1. The topological polar surface area (TPSA) is 140 Å². The number of aliphatic carboxylic acids is 3. The zero-order chi connectivity index (χ0) is 30.7. The molecule has 3 saturated heterocycles. The molecule has 39 heavy (non-hydrogen) atoms. The Hall–Kier alpha value is -2.38. The number of alkyl halides is 9. The van der Waals surface area contributed by atoms with Gasteiger partial charge in [0.15, 0.2) is 0 Å². The van der Waals surface area contributed by atoms with E-state index < -0.39 is 36.4 Å². The van der Waals surface area contributed by atoms with E-state index in [-0.39, 0.29) is 5.60 Å². The van der Waals surface area contributed by atoms with Crippen LogP contribution in [0.5, 0.6) is 0 Å². The predicted octanol–water partition coefficient (Wildman–Crippen LogP) is 2.43. The van der Waals surface area contributed by atoms with E-state index in [9.17, 15) is 39.5 Å². The quantitative estimate of drug-likeness (QED) is 0.352. The Kier molecular flexibility index (Phi) is 14.5. The number of hydrogen-bond donors (Lipinski definition) is 4. The zero-order valence-electron chi connectivity index (χ0n) is 20.6. The lowest BCUT2D eigenvalue weighted by atomic mass is 9.90. The van der Waals surface area contributed by atoms with Gasteiger partial charge in [-0.05, 0) is 39.3 Å². The molecule has 230 valence electrons. The number of nitrogens with one attached hydrogen (secondary N) is 1. The second-order valence-electron chi connectivity index (χ2n) is 8.75. The van der Waals surface area contributed by atoms with Crippen molar-refractivity contribution in [1.29, 1.82) is 0 Å². The minimum absolute atomic E-state index is 0.190. The van der Waals surface area contributed by atoms with E-state index in [0.29, 0.717) is 6.10 Å². The molecule has 0 saturated carbocycles. The minimum atomic E-state index is -5.08. The Balaban J connectivity index is 0.000000576. The highest BCUT2D eigenvalue weighted by atomic mass is 19.4. The first kappa shape index (κ1) is 36.6. The van der Waals surface area contributed by atoms with E-state index >= 15 is 0 Å². The number of likely N-dealkylation sites (N-methyl/N-ethyl adjacent to an activating group) is 1. The molecule has 1 spiro atoms. The minimum Gasteiger partial charge on any atom is -0.475 e. The summed E-state index contributed by atoms with van der Waals surface area (Å²) in [6.45, 7) is 8.20. The third kappa shape index (κ3) is 15.7. The molecule has 0 aliphatic carbocycles. The average molecular weight is 595 g/mol. The number of nitrogens with zero attached hydrogens (tertiary/aromatic N) is 2.